The predicted octanol–water partition coefficient (Wildman–Crippen LogP) is 2.80. The lowest BCUT2D eigenvalue weighted by molar-refractivity contribution is -0.147. The topological polar surface area (TPSA) is 49.3 Å². The van der Waals surface area contributed by atoms with E-state index in [2.05, 4.69) is 5.32 Å². The number of nitrogens with one attached hydrogen (secondary N) is 1. The fraction of sp³-hybridized carbons (Fsp3) is 0.923. The van der Waals surface area contributed by atoms with Crippen LogP contribution in [-0.2, 0) is 4.79 Å². The molecule has 1 rings (SSSR count). The van der Waals surface area contributed by atoms with Gasteiger partial charge in [-0.1, -0.05) is 25.7 Å². The summed E-state index contributed by atoms with van der Waals surface area (Å²) in [4.78, 5) is 10.9. The van der Waals surface area contributed by atoms with E-state index in [4.69, 9.17) is 5.11 Å². The minimum absolute atomic E-state index is 0.599. The molecule has 16 heavy (non-hydrogen) atoms. The fourth-order valence-corrected chi connectivity index (χ4v) is 2.18. The van der Waals surface area contributed by atoms with Gasteiger partial charge in [0.1, 0.15) is 0 Å². The van der Waals surface area contributed by atoms with E-state index in [0.717, 1.165) is 6.54 Å². The van der Waals surface area contributed by atoms with Crippen molar-refractivity contribution in [2.24, 2.45) is 5.41 Å². The van der Waals surface area contributed by atoms with Crippen molar-refractivity contribution in [1.29, 1.82) is 0 Å². The Morgan fingerprint density at radius 3 is 2.31 bits per heavy atom. The maximum atomic E-state index is 10.9. The number of carbonyl (C=O) groups is 1. The molecule has 1 fully saturated rings. The van der Waals surface area contributed by atoms with Crippen LogP contribution < -0.4 is 5.32 Å². The van der Waals surface area contributed by atoms with Crippen molar-refractivity contribution in [1.82, 2.24) is 5.32 Å². The molecule has 0 bridgehead atoms. The Balaban J connectivity index is 2.21. The Kier molecular flexibility index (Phi) is 5.26. The molecule has 1 aliphatic carbocycles. The number of rotatable bonds is 5. The van der Waals surface area contributed by atoms with Crippen molar-refractivity contribution in [3.63, 3.8) is 0 Å². The van der Waals surface area contributed by atoms with Gasteiger partial charge in [0.25, 0.3) is 0 Å². The zero-order chi connectivity index (χ0) is 12.0. The third kappa shape index (κ3) is 4.52. The Bertz CT molecular complexity index is 218. The second-order valence-electron chi connectivity index (χ2n) is 5.58. The van der Waals surface area contributed by atoms with Gasteiger partial charge in [-0.3, -0.25) is 4.79 Å². The van der Waals surface area contributed by atoms with Crippen LogP contribution >= 0.6 is 0 Å². The second-order valence-corrected chi connectivity index (χ2v) is 5.58. The molecule has 0 heterocycles. The average molecular weight is 227 g/mol. The van der Waals surface area contributed by atoms with Crippen LogP contribution in [0.5, 0.6) is 0 Å². The average Bonchev–Trinajstić information content (AvgIpc) is 2.46. The van der Waals surface area contributed by atoms with Gasteiger partial charge in [-0.05, 0) is 39.7 Å². The Morgan fingerprint density at radius 2 is 1.81 bits per heavy atom. The first kappa shape index (κ1) is 13.5. The lowest BCUT2D eigenvalue weighted by atomic mass is 9.89. The molecule has 0 spiro atoms. The van der Waals surface area contributed by atoms with E-state index in [1.54, 1.807) is 13.8 Å². The van der Waals surface area contributed by atoms with E-state index in [9.17, 15) is 4.79 Å². The zero-order valence-corrected chi connectivity index (χ0v) is 10.6. The molecule has 0 unspecified atom stereocenters. The van der Waals surface area contributed by atoms with E-state index in [0.29, 0.717) is 12.5 Å². The third-order valence-corrected chi connectivity index (χ3v) is 3.62. The predicted molar refractivity (Wildman–Crippen MR) is 65.5 cm³/mol. The lowest BCUT2D eigenvalue weighted by Gasteiger charge is -2.22. The van der Waals surface area contributed by atoms with Gasteiger partial charge >= 0.3 is 5.97 Å². The smallest absolute Gasteiger partial charge is 0.309 e. The summed E-state index contributed by atoms with van der Waals surface area (Å²) in [5, 5.41) is 12.5. The van der Waals surface area contributed by atoms with Crippen LogP contribution in [0.2, 0.25) is 0 Å². The SMILES string of the molecule is CC(C)(CCNC1CCCCCC1)C(=O)O. The molecule has 2 N–H and O–H groups in total. The number of carboxylic acids is 1. The summed E-state index contributed by atoms with van der Waals surface area (Å²) in [7, 11) is 0. The second kappa shape index (κ2) is 6.24. The van der Waals surface area contributed by atoms with Crippen molar-refractivity contribution in [3.05, 3.63) is 0 Å². The molecule has 0 amide bonds. The summed E-state index contributed by atoms with van der Waals surface area (Å²) in [6, 6.07) is 0.618. The van der Waals surface area contributed by atoms with E-state index < -0.39 is 11.4 Å². The van der Waals surface area contributed by atoms with Gasteiger partial charge in [0, 0.05) is 6.04 Å². The van der Waals surface area contributed by atoms with Gasteiger partial charge in [0.15, 0.2) is 0 Å². The maximum Gasteiger partial charge on any atom is 0.309 e. The summed E-state index contributed by atoms with van der Waals surface area (Å²) in [5.41, 5.74) is -0.599. The van der Waals surface area contributed by atoms with Gasteiger partial charge in [0.05, 0.1) is 5.41 Å². The zero-order valence-electron chi connectivity index (χ0n) is 10.6. The maximum absolute atomic E-state index is 10.9. The highest BCUT2D eigenvalue weighted by Gasteiger charge is 2.26. The fourth-order valence-electron chi connectivity index (χ4n) is 2.18. The first-order valence-electron chi connectivity index (χ1n) is 6.49. The van der Waals surface area contributed by atoms with Crippen LogP contribution in [0.3, 0.4) is 0 Å². The largest absolute Gasteiger partial charge is 0.481 e. The van der Waals surface area contributed by atoms with Gasteiger partial charge in [-0.15, -0.1) is 0 Å². The number of aliphatic carboxylic acids is 1. The van der Waals surface area contributed by atoms with Gasteiger partial charge < -0.3 is 10.4 Å². The minimum Gasteiger partial charge on any atom is -0.481 e. The van der Waals surface area contributed by atoms with Gasteiger partial charge in [0.2, 0.25) is 0 Å². The van der Waals surface area contributed by atoms with E-state index in [1.807, 2.05) is 0 Å². The van der Waals surface area contributed by atoms with Crippen LogP contribution in [0.25, 0.3) is 0 Å². The van der Waals surface area contributed by atoms with Crippen molar-refractivity contribution in [2.45, 2.75) is 64.8 Å². The van der Waals surface area contributed by atoms with E-state index in [1.165, 1.54) is 38.5 Å². The molecule has 0 aromatic carbocycles. The molecular formula is C13H25NO2. The van der Waals surface area contributed by atoms with Gasteiger partial charge in [-0.25, -0.2) is 0 Å². The molecule has 0 aromatic heterocycles. The standard InChI is InChI=1S/C13H25NO2/c1-13(2,12(15)16)9-10-14-11-7-5-3-4-6-8-11/h11,14H,3-10H2,1-2H3,(H,15,16). The Morgan fingerprint density at radius 1 is 1.25 bits per heavy atom. The van der Waals surface area contributed by atoms with Crippen molar-refractivity contribution in [3.8, 4) is 0 Å². The summed E-state index contributed by atoms with van der Waals surface area (Å²) in [5.74, 6) is -0.699. The quantitative estimate of drug-likeness (QED) is 0.710. The molecular weight excluding hydrogens is 202 g/mol. The van der Waals surface area contributed by atoms with Crippen LogP contribution in [0, 0.1) is 5.41 Å². The molecule has 0 aromatic rings. The Labute approximate surface area is 98.6 Å². The van der Waals surface area contributed by atoms with Crippen molar-refractivity contribution < 1.29 is 9.90 Å². The molecule has 3 heteroatoms. The van der Waals surface area contributed by atoms with Gasteiger partial charge in [-0.2, -0.15) is 0 Å². The molecule has 0 aliphatic heterocycles. The molecule has 1 saturated carbocycles. The van der Waals surface area contributed by atoms with Crippen LogP contribution in [0.4, 0.5) is 0 Å². The first-order chi connectivity index (χ1) is 7.52. The number of hydrogen-bond acceptors (Lipinski definition) is 2. The van der Waals surface area contributed by atoms with E-state index >= 15 is 0 Å². The molecule has 0 radical (unpaired) electrons. The molecule has 3 nitrogen and oxygen atoms in total. The number of carboxylic acid groups (broad SMARTS) is 1. The van der Waals surface area contributed by atoms with Crippen LogP contribution in [-0.4, -0.2) is 23.7 Å². The summed E-state index contributed by atoms with van der Waals surface area (Å²) in [6.45, 7) is 4.41. The first-order valence-corrected chi connectivity index (χ1v) is 6.49. The highest BCUT2D eigenvalue weighted by Crippen LogP contribution is 2.21. The monoisotopic (exact) mass is 227 g/mol. The van der Waals surface area contributed by atoms with Crippen LogP contribution in [0.15, 0.2) is 0 Å². The van der Waals surface area contributed by atoms with Crippen LogP contribution in [0.1, 0.15) is 58.8 Å². The Hall–Kier alpha value is -0.570. The molecule has 0 saturated heterocycles. The highest BCUT2D eigenvalue weighted by atomic mass is 16.4. The number of hydrogen-bond donors (Lipinski definition) is 2. The molecule has 94 valence electrons. The molecule has 0 atom stereocenters. The highest BCUT2D eigenvalue weighted by molar-refractivity contribution is 5.73. The van der Waals surface area contributed by atoms with Crippen molar-refractivity contribution in [2.75, 3.05) is 6.54 Å². The van der Waals surface area contributed by atoms with Crippen molar-refractivity contribution >= 4 is 5.97 Å². The third-order valence-electron chi connectivity index (χ3n) is 3.62. The summed E-state index contributed by atoms with van der Waals surface area (Å²) < 4.78 is 0. The lowest BCUT2D eigenvalue weighted by Crippen LogP contribution is -2.34. The molecule has 1 aliphatic rings. The summed E-state index contributed by atoms with van der Waals surface area (Å²) in [6.07, 6.45) is 8.58. The van der Waals surface area contributed by atoms with E-state index in [-0.39, 0.29) is 0 Å². The summed E-state index contributed by atoms with van der Waals surface area (Å²) >= 11 is 0. The normalized spacial score (nSPS) is 19.4. The minimum atomic E-state index is -0.699.